The molecule has 0 radical (unpaired) electrons. The maximum absolute atomic E-state index is 3.60. The molecule has 0 bridgehead atoms. The van der Waals surface area contributed by atoms with Crippen molar-refractivity contribution in [3.8, 4) is 0 Å². The topological polar surface area (TPSA) is 15.3 Å². The molecule has 2 heteroatoms. The molecule has 0 amide bonds. The van der Waals surface area contributed by atoms with Crippen molar-refractivity contribution < 1.29 is 0 Å². The van der Waals surface area contributed by atoms with Crippen LogP contribution >= 0.6 is 0 Å². The predicted octanol–water partition coefficient (Wildman–Crippen LogP) is 1.47. The molecule has 0 unspecified atom stereocenters. The minimum Gasteiger partial charge on any atom is -0.314 e. The molecule has 1 saturated heterocycles. The van der Waals surface area contributed by atoms with Gasteiger partial charge in [0, 0.05) is 31.2 Å². The highest BCUT2D eigenvalue weighted by molar-refractivity contribution is 4.91. The quantitative estimate of drug-likeness (QED) is 0.711. The van der Waals surface area contributed by atoms with Gasteiger partial charge in [-0.1, -0.05) is 0 Å². The molecule has 1 aliphatic carbocycles. The molecule has 2 nitrogen and oxygen atoms in total. The van der Waals surface area contributed by atoms with Crippen molar-refractivity contribution >= 4 is 0 Å². The maximum Gasteiger partial charge on any atom is 0.0125 e. The summed E-state index contributed by atoms with van der Waals surface area (Å²) in [6, 6.07) is 0.878. The molecule has 13 heavy (non-hydrogen) atoms. The van der Waals surface area contributed by atoms with Crippen molar-refractivity contribution in [2.24, 2.45) is 5.92 Å². The molecule has 0 atom stereocenters. The van der Waals surface area contributed by atoms with E-state index in [1.54, 1.807) is 0 Å². The van der Waals surface area contributed by atoms with Crippen LogP contribution in [0.2, 0.25) is 0 Å². The Labute approximate surface area is 81.7 Å². The first-order chi connectivity index (χ1) is 6.05. The molecule has 2 aliphatic rings. The van der Waals surface area contributed by atoms with E-state index in [0.717, 1.165) is 12.0 Å². The van der Waals surface area contributed by atoms with Crippen LogP contribution in [0.5, 0.6) is 0 Å². The van der Waals surface area contributed by atoms with Crippen LogP contribution in [0.15, 0.2) is 0 Å². The van der Waals surface area contributed by atoms with E-state index in [0.29, 0.717) is 5.54 Å². The standard InChI is InChI=1S/C11H22N2/c1-11(2,3)13-7-9(8-13)6-12-10-4-5-10/h9-10,12H,4-8H2,1-3H3. The molecule has 1 N–H and O–H groups in total. The van der Waals surface area contributed by atoms with Crippen molar-refractivity contribution in [2.45, 2.75) is 45.2 Å². The Morgan fingerprint density at radius 2 is 1.85 bits per heavy atom. The van der Waals surface area contributed by atoms with Crippen LogP contribution in [0.3, 0.4) is 0 Å². The Balaban J connectivity index is 1.60. The van der Waals surface area contributed by atoms with Crippen molar-refractivity contribution in [3.63, 3.8) is 0 Å². The van der Waals surface area contributed by atoms with Crippen molar-refractivity contribution in [2.75, 3.05) is 19.6 Å². The largest absolute Gasteiger partial charge is 0.314 e. The molecule has 0 aromatic rings. The van der Waals surface area contributed by atoms with E-state index < -0.39 is 0 Å². The lowest BCUT2D eigenvalue weighted by atomic mass is 9.92. The van der Waals surface area contributed by atoms with Crippen LogP contribution in [-0.4, -0.2) is 36.1 Å². The summed E-state index contributed by atoms with van der Waals surface area (Å²) in [4.78, 5) is 2.56. The Kier molecular flexibility index (Phi) is 2.37. The molecule has 0 aromatic carbocycles. The molecule has 0 aromatic heterocycles. The number of likely N-dealkylation sites (tertiary alicyclic amines) is 1. The number of nitrogens with zero attached hydrogens (tertiary/aromatic N) is 1. The number of rotatable bonds is 3. The van der Waals surface area contributed by atoms with Gasteiger partial charge in [-0.2, -0.15) is 0 Å². The smallest absolute Gasteiger partial charge is 0.0125 e. The van der Waals surface area contributed by atoms with E-state index in [1.807, 2.05) is 0 Å². The van der Waals surface area contributed by atoms with Gasteiger partial charge in [0.25, 0.3) is 0 Å². The highest BCUT2D eigenvalue weighted by atomic mass is 15.2. The van der Waals surface area contributed by atoms with Crippen LogP contribution < -0.4 is 5.32 Å². The van der Waals surface area contributed by atoms with E-state index in [1.165, 1.54) is 32.5 Å². The zero-order valence-electron chi connectivity index (χ0n) is 9.14. The SMILES string of the molecule is CC(C)(C)N1CC(CNC2CC2)C1. The molecule has 2 rings (SSSR count). The second-order valence-corrected chi connectivity index (χ2v) is 5.62. The van der Waals surface area contributed by atoms with Gasteiger partial charge >= 0.3 is 0 Å². The van der Waals surface area contributed by atoms with Crippen LogP contribution in [0.25, 0.3) is 0 Å². The van der Waals surface area contributed by atoms with Crippen LogP contribution in [0.1, 0.15) is 33.6 Å². The molecule has 1 aliphatic heterocycles. The highest BCUT2D eigenvalue weighted by Gasteiger charge is 2.34. The monoisotopic (exact) mass is 182 g/mol. The van der Waals surface area contributed by atoms with Gasteiger partial charge in [-0.15, -0.1) is 0 Å². The van der Waals surface area contributed by atoms with Gasteiger partial charge in [-0.05, 0) is 39.5 Å². The van der Waals surface area contributed by atoms with Gasteiger partial charge in [-0.3, -0.25) is 4.90 Å². The third-order valence-electron chi connectivity index (χ3n) is 3.18. The lowest BCUT2D eigenvalue weighted by molar-refractivity contribution is 0.0145. The first-order valence-corrected chi connectivity index (χ1v) is 5.54. The summed E-state index contributed by atoms with van der Waals surface area (Å²) in [5.74, 6) is 0.917. The summed E-state index contributed by atoms with van der Waals surface area (Å²) in [6.07, 6.45) is 2.82. The summed E-state index contributed by atoms with van der Waals surface area (Å²) in [5, 5.41) is 3.60. The molecular weight excluding hydrogens is 160 g/mol. The molecule has 2 fully saturated rings. The average molecular weight is 182 g/mol. The second-order valence-electron chi connectivity index (χ2n) is 5.62. The summed E-state index contributed by atoms with van der Waals surface area (Å²) in [5.41, 5.74) is 0.385. The summed E-state index contributed by atoms with van der Waals surface area (Å²) in [7, 11) is 0. The summed E-state index contributed by atoms with van der Waals surface area (Å²) < 4.78 is 0. The molecule has 1 saturated carbocycles. The third kappa shape index (κ3) is 2.44. The summed E-state index contributed by atoms with van der Waals surface area (Å²) in [6.45, 7) is 10.7. The molecular formula is C11H22N2. The fourth-order valence-electron chi connectivity index (χ4n) is 1.87. The van der Waals surface area contributed by atoms with Gasteiger partial charge in [-0.25, -0.2) is 0 Å². The number of hydrogen-bond acceptors (Lipinski definition) is 2. The van der Waals surface area contributed by atoms with Crippen LogP contribution in [0.4, 0.5) is 0 Å². The van der Waals surface area contributed by atoms with E-state index in [2.05, 4.69) is 31.0 Å². The van der Waals surface area contributed by atoms with Crippen LogP contribution in [0, 0.1) is 5.92 Å². The zero-order valence-corrected chi connectivity index (χ0v) is 9.14. The maximum atomic E-state index is 3.60. The van der Waals surface area contributed by atoms with Crippen molar-refractivity contribution in [3.05, 3.63) is 0 Å². The highest BCUT2D eigenvalue weighted by Crippen LogP contribution is 2.26. The Morgan fingerprint density at radius 3 is 2.31 bits per heavy atom. The van der Waals surface area contributed by atoms with Crippen molar-refractivity contribution in [1.29, 1.82) is 0 Å². The summed E-state index contributed by atoms with van der Waals surface area (Å²) >= 11 is 0. The fraction of sp³-hybridized carbons (Fsp3) is 1.00. The second kappa shape index (κ2) is 3.25. The van der Waals surface area contributed by atoms with Gasteiger partial charge in [0.1, 0.15) is 0 Å². The Hall–Kier alpha value is -0.0800. The zero-order chi connectivity index (χ0) is 9.47. The van der Waals surface area contributed by atoms with Gasteiger partial charge in [0.15, 0.2) is 0 Å². The van der Waals surface area contributed by atoms with Crippen LogP contribution in [-0.2, 0) is 0 Å². The molecule has 1 heterocycles. The number of hydrogen-bond donors (Lipinski definition) is 1. The lowest BCUT2D eigenvalue weighted by Gasteiger charge is -2.48. The minimum atomic E-state index is 0.385. The normalized spacial score (nSPS) is 26.1. The fourth-order valence-corrected chi connectivity index (χ4v) is 1.87. The van der Waals surface area contributed by atoms with E-state index >= 15 is 0 Å². The Bertz CT molecular complexity index is 173. The first kappa shape index (κ1) is 9.47. The first-order valence-electron chi connectivity index (χ1n) is 5.54. The molecule has 0 spiro atoms. The average Bonchev–Trinajstić information content (AvgIpc) is 2.63. The molecule has 76 valence electrons. The van der Waals surface area contributed by atoms with Crippen molar-refractivity contribution in [1.82, 2.24) is 10.2 Å². The van der Waals surface area contributed by atoms with E-state index in [4.69, 9.17) is 0 Å². The number of nitrogens with one attached hydrogen (secondary N) is 1. The lowest BCUT2D eigenvalue weighted by Crippen LogP contribution is -2.58. The van der Waals surface area contributed by atoms with E-state index in [9.17, 15) is 0 Å². The van der Waals surface area contributed by atoms with Gasteiger partial charge in [0.2, 0.25) is 0 Å². The predicted molar refractivity (Wildman–Crippen MR) is 55.8 cm³/mol. The Morgan fingerprint density at radius 1 is 1.23 bits per heavy atom. The van der Waals surface area contributed by atoms with Gasteiger partial charge < -0.3 is 5.32 Å². The van der Waals surface area contributed by atoms with E-state index in [-0.39, 0.29) is 0 Å². The third-order valence-corrected chi connectivity index (χ3v) is 3.18. The minimum absolute atomic E-state index is 0.385. The van der Waals surface area contributed by atoms with Gasteiger partial charge in [0.05, 0.1) is 0 Å².